The van der Waals surface area contributed by atoms with Crippen molar-refractivity contribution in [3.05, 3.63) is 69.7 Å². The average Bonchev–Trinajstić information content (AvgIpc) is 2.88. The highest BCUT2D eigenvalue weighted by atomic mass is 35.5. The number of rotatable bonds is 5. The second-order valence-electron chi connectivity index (χ2n) is 5.68. The number of nitrogens with zero attached hydrogens (tertiary/aromatic N) is 1. The van der Waals surface area contributed by atoms with Gasteiger partial charge >= 0.3 is 5.76 Å². The number of hydrogen-bond acceptors (Lipinski definition) is 3. The molecule has 3 rings (SSSR count). The van der Waals surface area contributed by atoms with Gasteiger partial charge in [-0.15, -0.1) is 0 Å². The smallest absolute Gasteiger partial charge is 0.408 e. The molecule has 1 atom stereocenters. The largest absolute Gasteiger partial charge is 0.420 e. The molecule has 3 aromatic rings. The lowest BCUT2D eigenvalue weighted by atomic mass is 10.0. The van der Waals surface area contributed by atoms with Crippen molar-refractivity contribution in [3.63, 3.8) is 0 Å². The molecule has 0 bridgehead atoms. The lowest BCUT2D eigenvalue weighted by molar-refractivity contribution is -0.121. The van der Waals surface area contributed by atoms with Gasteiger partial charge in [0.1, 0.15) is 6.54 Å². The molecule has 0 aliphatic heterocycles. The Labute approximate surface area is 143 Å². The van der Waals surface area contributed by atoms with Crippen LogP contribution in [0.3, 0.4) is 0 Å². The first-order chi connectivity index (χ1) is 11.5. The maximum Gasteiger partial charge on any atom is 0.420 e. The van der Waals surface area contributed by atoms with Gasteiger partial charge in [0.15, 0.2) is 5.58 Å². The quantitative estimate of drug-likeness (QED) is 0.773. The van der Waals surface area contributed by atoms with Crippen LogP contribution in [0.25, 0.3) is 11.1 Å². The number of halogens is 1. The summed E-state index contributed by atoms with van der Waals surface area (Å²) in [6.45, 7) is 2.45. The van der Waals surface area contributed by atoms with E-state index < -0.39 is 5.76 Å². The Morgan fingerprint density at radius 2 is 2.00 bits per heavy atom. The minimum Gasteiger partial charge on any atom is -0.408 e. The van der Waals surface area contributed by atoms with Crippen LogP contribution < -0.4 is 11.1 Å². The second kappa shape index (κ2) is 6.93. The Morgan fingerprint density at radius 3 is 2.75 bits per heavy atom. The highest BCUT2D eigenvalue weighted by Gasteiger charge is 2.14. The van der Waals surface area contributed by atoms with Crippen molar-refractivity contribution in [2.75, 3.05) is 6.54 Å². The summed E-state index contributed by atoms with van der Waals surface area (Å²) < 4.78 is 6.42. The van der Waals surface area contributed by atoms with Crippen molar-refractivity contribution in [3.8, 4) is 0 Å². The van der Waals surface area contributed by atoms with Crippen molar-refractivity contribution in [2.45, 2.75) is 19.4 Å². The van der Waals surface area contributed by atoms with Gasteiger partial charge in [0.2, 0.25) is 5.91 Å². The van der Waals surface area contributed by atoms with E-state index in [4.69, 9.17) is 16.0 Å². The molecule has 124 valence electrons. The molecule has 0 spiro atoms. The van der Waals surface area contributed by atoms with Crippen LogP contribution in [0, 0.1) is 0 Å². The molecule has 1 heterocycles. The van der Waals surface area contributed by atoms with Gasteiger partial charge in [-0.05, 0) is 23.6 Å². The van der Waals surface area contributed by atoms with Crippen LogP contribution in [-0.2, 0) is 11.3 Å². The Hall–Kier alpha value is -2.53. The van der Waals surface area contributed by atoms with Crippen molar-refractivity contribution in [2.24, 2.45) is 0 Å². The number of fused-ring (bicyclic) bond motifs is 1. The molecule has 24 heavy (non-hydrogen) atoms. The van der Waals surface area contributed by atoms with E-state index in [1.54, 1.807) is 18.2 Å². The fraction of sp³-hybridized carbons (Fsp3) is 0.222. The molecule has 1 amide bonds. The fourth-order valence-corrected chi connectivity index (χ4v) is 2.72. The van der Waals surface area contributed by atoms with Crippen LogP contribution in [0.2, 0.25) is 5.02 Å². The summed E-state index contributed by atoms with van der Waals surface area (Å²) in [5.74, 6) is -0.622. The van der Waals surface area contributed by atoms with Gasteiger partial charge in [0.05, 0.1) is 5.52 Å². The summed E-state index contributed by atoms with van der Waals surface area (Å²) in [6.07, 6.45) is 0. The molecule has 0 aliphatic rings. The molecule has 1 aromatic heterocycles. The SMILES string of the molecule is C[C@H](CNC(=O)Cn1c(=O)oc2cc(Cl)ccc21)c1ccccc1. The lowest BCUT2D eigenvalue weighted by Crippen LogP contribution is -2.33. The average molecular weight is 345 g/mol. The molecule has 0 fully saturated rings. The van der Waals surface area contributed by atoms with E-state index in [0.29, 0.717) is 22.7 Å². The summed E-state index contributed by atoms with van der Waals surface area (Å²) >= 11 is 5.88. The minimum absolute atomic E-state index is 0.0883. The summed E-state index contributed by atoms with van der Waals surface area (Å²) in [4.78, 5) is 24.1. The lowest BCUT2D eigenvalue weighted by Gasteiger charge is -2.13. The van der Waals surface area contributed by atoms with E-state index in [1.807, 2.05) is 37.3 Å². The molecular formula is C18H17ClN2O3. The third-order valence-electron chi connectivity index (χ3n) is 3.91. The molecule has 5 nitrogen and oxygen atoms in total. The molecule has 0 unspecified atom stereocenters. The van der Waals surface area contributed by atoms with Gasteiger partial charge in [-0.25, -0.2) is 4.79 Å². The van der Waals surface area contributed by atoms with Crippen molar-refractivity contribution < 1.29 is 9.21 Å². The predicted molar refractivity (Wildman–Crippen MR) is 93.4 cm³/mol. The topological polar surface area (TPSA) is 64.2 Å². The van der Waals surface area contributed by atoms with Crippen LogP contribution in [-0.4, -0.2) is 17.0 Å². The van der Waals surface area contributed by atoms with E-state index in [-0.39, 0.29) is 18.4 Å². The molecule has 6 heteroatoms. The number of hydrogen-bond donors (Lipinski definition) is 1. The van der Waals surface area contributed by atoms with Crippen LogP contribution in [0.1, 0.15) is 18.4 Å². The standard InChI is InChI=1S/C18H17ClN2O3/c1-12(13-5-3-2-4-6-13)10-20-17(22)11-21-15-8-7-14(19)9-16(15)24-18(21)23/h2-9,12H,10-11H2,1H3,(H,20,22)/t12-/m1/s1. The van der Waals surface area contributed by atoms with Gasteiger partial charge in [-0.3, -0.25) is 9.36 Å². The van der Waals surface area contributed by atoms with Gasteiger partial charge in [0, 0.05) is 17.6 Å². The van der Waals surface area contributed by atoms with Crippen LogP contribution >= 0.6 is 11.6 Å². The maximum atomic E-state index is 12.2. The summed E-state index contributed by atoms with van der Waals surface area (Å²) in [6, 6.07) is 14.8. The first-order valence-corrected chi connectivity index (χ1v) is 8.03. The number of nitrogens with one attached hydrogen (secondary N) is 1. The summed E-state index contributed by atoms with van der Waals surface area (Å²) in [5.41, 5.74) is 2.08. The minimum atomic E-state index is -0.571. The zero-order chi connectivity index (χ0) is 17.1. The van der Waals surface area contributed by atoms with Crippen LogP contribution in [0.5, 0.6) is 0 Å². The Bertz CT molecular complexity index is 915. The zero-order valence-corrected chi connectivity index (χ0v) is 13.9. The van der Waals surface area contributed by atoms with Gasteiger partial charge in [0.25, 0.3) is 0 Å². The van der Waals surface area contributed by atoms with E-state index in [1.165, 1.54) is 4.57 Å². The molecule has 2 aromatic carbocycles. The first kappa shape index (κ1) is 16.3. The Kier molecular flexibility index (Phi) is 4.71. The summed E-state index contributed by atoms with van der Waals surface area (Å²) in [5, 5.41) is 3.33. The van der Waals surface area contributed by atoms with Crippen LogP contribution in [0.4, 0.5) is 0 Å². The van der Waals surface area contributed by atoms with Crippen LogP contribution in [0.15, 0.2) is 57.7 Å². The van der Waals surface area contributed by atoms with Gasteiger partial charge < -0.3 is 9.73 Å². The van der Waals surface area contributed by atoms with E-state index in [0.717, 1.165) is 5.56 Å². The number of amides is 1. The molecule has 0 saturated carbocycles. The number of benzene rings is 2. The van der Waals surface area contributed by atoms with Crippen molar-refractivity contribution in [1.82, 2.24) is 9.88 Å². The maximum absolute atomic E-state index is 12.2. The highest BCUT2D eigenvalue weighted by Crippen LogP contribution is 2.18. The molecule has 1 N–H and O–H groups in total. The number of carbonyl (C=O) groups is 1. The normalized spacial score (nSPS) is 12.2. The molecular weight excluding hydrogens is 328 g/mol. The number of carbonyl (C=O) groups excluding carboxylic acids is 1. The first-order valence-electron chi connectivity index (χ1n) is 7.65. The predicted octanol–water partition coefficient (Wildman–Crippen LogP) is 3.17. The third kappa shape index (κ3) is 3.51. The number of oxazole rings is 1. The Balaban J connectivity index is 1.67. The number of aromatic nitrogens is 1. The van der Waals surface area contributed by atoms with Crippen molar-refractivity contribution >= 4 is 28.6 Å². The molecule has 0 saturated heterocycles. The Morgan fingerprint density at radius 1 is 1.25 bits per heavy atom. The van der Waals surface area contributed by atoms with Gasteiger partial charge in [-0.2, -0.15) is 0 Å². The van der Waals surface area contributed by atoms with Gasteiger partial charge in [-0.1, -0.05) is 48.9 Å². The fourth-order valence-electron chi connectivity index (χ4n) is 2.56. The van der Waals surface area contributed by atoms with E-state index in [2.05, 4.69) is 5.32 Å². The molecule has 0 radical (unpaired) electrons. The zero-order valence-electron chi connectivity index (χ0n) is 13.2. The highest BCUT2D eigenvalue weighted by molar-refractivity contribution is 6.31. The third-order valence-corrected chi connectivity index (χ3v) is 4.14. The monoisotopic (exact) mass is 344 g/mol. The molecule has 0 aliphatic carbocycles. The summed E-state index contributed by atoms with van der Waals surface area (Å²) in [7, 11) is 0. The van der Waals surface area contributed by atoms with E-state index >= 15 is 0 Å². The van der Waals surface area contributed by atoms with Crippen molar-refractivity contribution in [1.29, 1.82) is 0 Å². The van der Waals surface area contributed by atoms with E-state index in [9.17, 15) is 9.59 Å². The second-order valence-corrected chi connectivity index (χ2v) is 6.12.